The maximum Gasteiger partial charge on any atom is 0.414 e. The topological polar surface area (TPSA) is 102 Å². The summed E-state index contributed by atoms with van der Waals surface area (Å²) in [6.45, 7) is 1.77. The van der Waals surface area contributed by atoms with Crippen LogP contribution >= 0.6 is 12.6 Å². The van der Waals surface area contributed by atoms with Gasteiger partial charge in [-0.25, -0.2) is 9.18 Å². The van der Waals surface area contributed by atoms with Crippen molar-refractivity contribution in [2.75, 3.05) is 12.4 Å². The Kier molecular flexibility index (Phi) is 8.67. The van der Waals surface area contributed by atoms with Crippen LogP contribution in [0.4, 0.5) is 9.18 Å². The lowest BCUT2D eigenvalue weighted by Crippen LogP contribution is -2.33. The molecule has 0 fully saturated rings. The normalized spacial score (nSPS) is 12.5. The van der Waals surface area contributed by atoms with Crippen LogP contribution in [-0.2, 0) is 14.3 Å². The van der Waals surface area contributed by atoms with E-state index in [1.165, 1.54) is 18.2 Å². The van der Waals surface area contributed by atoms with Gasteiger partial charge in [0.2, 0.25) is 0 Å². The van der Waals surface area contributed by atoms with Crippen LogP contribution in [0.15, 0.2) is 48.5 Å². The third kappa shape index (κ3) is 6.77. The van der Waals surface area contributed by atoms with Gasteiger partial charge in [0.05, 0.1) is 12.4 Å². The molecular weight excluding hydrogens is 413 g/mol. The van der Waals surface area contributed by atoms with Crippen molar-refractivity contribution in [1.29, 1.82) is 0 Å². The minimum Gasteiger partial charge on any atom is -0.505 e. The van der Waals surface area contributed by atoms with Crippen LogP contribution in [0.5, 0.6) is 5.75 Å². The van der Waals surface area contributed by atoms with Crippen molar-refractivity contribution in [2.24, 2.45) is 5.92 Å². The molecule has 0 saturated carbocycles. The highest BCUT2D eigenvalue weighted by molar-refractivity contribution is 7.81. The van der Waals surface area contributed by atoms with E-state index in [0.29, 0.717) is 6.42 Å². The quantitative estimate of drug-likeness (QED) is 0.432. The Hall–Kier alpha value is -3.07. The van der Waals surface area contributed by atoms with Crippen molar-refractivity contribution >= 4 is 30.6 Å². The standard InChI is InChI=1S/C21H22FNO6S/c1-13(9-10-28-18(25)12-30)19(15-7-8-17(24)16(22)11-15)29-21(27)23-20(26)14-5-3-2-4-6-14/h2-8,11,13,19,24,30H,9-10,12H2,1H3,(H,23,26,27)/t13-,19-/m0/s1. The second-order valence-corrected chi connectivity index (χ2v) is 6.82. The van der Waals surface area contributed by atoms with E-state index in [4.69, 9.17) is 9.47 Å². The average molecular weight is 435 g/mol. The number of alkyl carbamates (subject to hydrolysis) is 1. The number of phenols is 1. The molecule has 0 radical (unpaired) electrons. The number of carbonyl (C=O) groups is 3. The van der Waals surface area contributed by atoms with E-state index < -0.39 is 41.6 Å². The molecule has 0 aromatic heterocycles. The molecule has 0 aliphatic rings. The monoisotopic (exact) mass is 435 g/mol. The SMILES string of the molecule is C[C@@H](CCOC(=O)CS)[C@H](OC(=O)NC(=O)c1ccccc1)c1ccc(O)c(F)c1. The summed E-state index contributed by atoms with van der Waals surface area (Å²) in [7, 11) is 0. The highest BCUT2D eigenvalue weighted by Gasteiger charge is 2.26. The van der Waals surface area contributed by atoms with Crippen molar-refractivity contribution in [1.82, 2.24) is 5.32 Å². The highest BCUT2D eigenvalue weighted by Crippen LogP contribution is 2.31. The van der Waals surface area contributed by atoms with Crippen molar-refractivity contribution in [3.8, 4) is 5.75 Å². The van der Waals surface area contributed by atoms with Crippen LogP contribution in [0.3, 0.4) is 0 Å². The molecule has 2 aromatic rings. The molecule has 2 rings (SSSR count). The van der Waals surface area contributed by atoms with E-state index in [9.17, 15) is 23.9 Å². The molecule has 0 heterocycles. The summed E-state index contributed by atoms with van der Waals surface area (Å²) in [5.41, 5.74) is 0.550. The molecule has 2 aromatic carbocycles. The molecule has 0 unspecified atom stereocenters. The fourth-order valence-electron chi connectivity index (χ4n) is 2.67. The molecule has 2 N–H and O–H groups in total. The number of ether oxygens (including phenoxy) is 2. The van der Waals surface area contributed by atoms with E-state index >= 15 is 0 Å². The Balaban J connectivity index is 2.11. The first-order valence-corrected chi connectivity index (χ1v) is 9.77. The number of nitrogens with one attached hydrogen (secondary N) is 1. The summed E-state index contributed by atoms with van der Waals surface area (Å²) in [5.74, 6) is -3.04. The molecule has 2 atom stereocenters. The van der Waals surface area contributed by atoms with Gasteiger partial charge in [0.1, 0.15) is 6.10 Å². The maximum atomic E-state index is 13.8. The first-order chi connectivity index (χ1) is 14.3. The predicted molar refractivity (Wildman–Crippen MR) is 110 cm³/mol. The van der Waals surface area contributed by atoms with Crippen molar-refractivity contribution in [3.05, 3.63) is 65.5 Å². The number of phenolic OH excluding ortho intramolecular Hbond substituents is 1. The number of thiol groups is 1. The van der Waals surface area contributed by atoms with Crippen molar-refractivity contribution < 1.29 is 33.4 Å². The lowest BCUT2D eigenvalue weighted by molar-refractivity contribution is -0.141. The number of esters is 1. The van der Waals surface area contributed by atoms with E-state index in [2.05, 4.69) is 17.9 Å². The van der Waals surface area contributed by atoms with E-state index in [0.717, 1.165) is 12.1 Å². The number of imide groups is 1. The molecule has 160 valence electrons. The van der Waals surface area contributed by atoms with Crippen LogP contribution in [0.2, 0.25) is 0 Å². The molecular formula is C21H22FNO6S. The number of carbonyl (C=O) groups excluding carboxylic acids is 3. The van der Waals surface area contributed by atoms with Gasteiger partial charge in [0.15, 0.2) is 11.6 Å². The minimum absolute atomic E-state index is 0.0472. The lowest BCUT2D eigenvalue weighted by atomic mass is 9.94. The second kappa shape index (κ2) is 11.2. The van der Waals surface area contributed by atoms with Gasteiger partial charge < -0.3 is 14.6 Å². The molecule has 0 saturated heterocycles. The van der Waals surface area contributed by atoms with Crippen LogP contribution in [-0.4, -0.2) is 35.4 Å². The smallest absolute Gasteiger partial charge is 0.414 e. The fourth-order valence-corrected chi connectivity index (χ4v) is 2.76. The zero-order chi connectivity index (χ0) is 22.1. The van der Waals surface area contributed by atoms with Gasteiger partial charge in [-0.1, -0.05) is 31.2 Å². The predicted octanol–water partition coefficient (Wildman–Crippen LogP) is 3.64. The Morgan fingerprint density at radius 1 is 1.17 bits per heavy atom. The number of benzene rings is 2. The Bertz CT molecular complexity index is 892. The van der Waals surface area contributed by atoms with Crippen molar-refractivity contribution in [3.63, 3.8) is 0 Å². The minimum atomic E-state index is -1.01. The molecule has 0 bridgehead atoms. The molecule has 30 heavy (non-hydrogen) atoms. The third-order valence-corrected chi connectivity index (χ3v) is 4.53. The average Bonchev–Trinajstić information content (AvgIpc) is 2.74. The first kappa shape index (κ1) is 23.2. The highest BCUT2D eigenvalue weighted by atomic mass is 32.1. The molecule has 0 aliphatic heterocycles. The molecule has 0 aliphatic carbocycles. The molecule has 9 heteroatoms. The van der Waals surface area contributed by atoms with Gasteiger partial charge in [0, 0.05) is 11.5 Å². The zero-order valence-corrected chi connectivity index (χ0v) is 17.1. The zero-order valence-electron chi connectivity index (χ0n) is 16.2. The summed E-state index contributed by atoms with van der Waals surface area (Å²) in [4.78, 5) is 35.7. The molecule has 2 amide bonds. The van der Waals surface area contributed by atoms with Gasteiger partial charge in [-0.3, -0.25) is 14.9 Å². The van der Waals surface area contributed by atoms with Gasteiger partial charge in [-0.15, -0.1) is 0 Å². The number of hydrogen-bond acceptors (Lipinski definition) is 7. The van der Waals surface area contributed by atoms with Crippen LogP contribution in [0.25, 0.3) is 0 Å². The van der Waals surface area contributed by atoms with Crippen LogP contribution < -0.4 is 5.32 Å². The maximum absolute atomic E-state index is 13.8. The number of hydrogen-bond donors (Lipinski definition) is 3. The third-order valence-electron chi connectivity index (χ3n) is 4.27. The molecule has 0 spiro atoms. The summed E-state index contributed by atoms with van der Waals surface area (Å²) >= 11 is 3.82. The van der Waals surface area contributed by atoms with E-state index in [1.54, 1.807) is 25.1 Å². The number of amides is 2. The molecule has 7 nitrogen and oxygen atoms in total. The summed E-state index contributed by atoms with van der Waals surface area (Å²) < 4.78 is 24.2. The van der Waals surface area contributed by atoms with Crippen LogP contribution in [0.1, 0.15) is 35.4 Å². The first-order valence-electron chi connectivity index (χ1n) is 9.13. The largest absolute Gasteiger partial charge is 0.505 e. The Morgan fingerprint density at radius 2 is 1.87 bits per heavy atom. The van der Waals surface area contributed by atoms with Crippen LogP contribution in [0, 0.1) is 11.7 Å². The summed E-state index contributed by atoms with van der Waals surface area (Å²) in [6.07, 6.45) is -1.67. The van der Waals surface area contributed by atoms with Crippen molar-refractivity contribution in [2.45, 2.75) is 19.4 Å². The van der Waals surface area contributed by atoms with Gasteiger partial charge in [0.25, 0.3) is 5.91 Å². The van der Waals surface area contributed by atoms with Gasteiger partial charge >= 0.3 is 12.1 Å². The number of aromatic hydroxyl groups is 1. The fraction of sp³-hybridized carbons (Fsp3) is 0.286. The Labute approximate surface area is 178 Å². The van der Waals surface area contributed by atoms with Gasteiger partial charge in [-0.05, 0) is 36.2 Å². The summed E-state index contributed by atoms with van der Waals surface area (Å²) in [5, 5.41) is 11.5. The number of halogens is 1. The van der Waals surface area contributed by atoms with Gasteiger partial charge in [-0.2, -0.15) is 12.6 Å². The van der Waals surface area contributed by atoms with E-state index in [1.807, 2.05) is 0 Å². The second-order valence-electron chi connectivity index (χ2n) is 6.50. The Morgan fingerprint density at radius 3 is 2.50 bits per heavy atom. The lowest BCUT2D eigenvalue weighted by Gasteiger charge is -2.24. The number of rotatable bonds is 8. The summed E-state index contributed by atoms with van der Waals surface area (Å²) in [6, 6.07) is 11.7. The van der Waals surface area contributed by atoms with E-state index in [-0.39, 0.29) is 23.5 Å².